The summed E-state index contributed by atoms with van der Waals surface area (Å²) in [6.07, 6.45) is 6.39. The van der Waals surface area contributed by atoms with Crippen LogP contribution in [-0.4, -0.2) is 18.6 Å². The zero-order chi connectivity index (χ0) is 12.8. The zero-order valence-electron chi connectivity index (χ0n) is 11.7. The van der Waals surface area contributed by atoms with E-state index in [2.05, 4.69) is 35.9 Å². The molecule has 0 aromatic carbocycles. The molecule has 18 heavy (non-hydrogen) atoms. The maximum Gasteiger partial charge on any atom is 0.0306 e. The normalized spacial score (nSPS) is 23.7. The van der Waals surface area contributed by atoms with Crippen LogP contribution < -0.4 is 10.6 Å². The molecule has 3 heteroatoms. The summed E-state index contributed by atoms with van der Waals surface area (Å²) in [7, 11) is 0. The molecule has 0 amide bonds. The van der Waals surface area contributed by atoms with E-state index in [4.69, 9.17) is 0 Å². The molecule has 1 saturated heterocycles. The van der Waals surface area contributed by atoms with Gasteiger partial charge in [-0.3, -0.25) is 0 Å². The van der Waals surface area contributed by atoms with Crippen molar-refractivity contribution in [3.63, 3.8) is 0 Å². The van der Waals surface area contributed by atoms with E-state index in [0.29, 0.717) is 5.54 Å². The Kier molecular flexibility index (Phi) is 5.22. The highest BCUT2D eigenvalue weighted by molar-refractivity contribution is 7.10. The van der Waals surface area contributed by atoms with Gasteiger partial charge in [-0.15, -0.1) is 11.3 Å². The molecule has 1 aliphatic heterocycles. The Morgan fingerprint density at radius 3 is 3.00 bits per heavy atom. The Labute approximate surface area is 115 Å². The van der Waals surface area contributed by atoms with Crippen molar-refractivity contribution in [3.05, 3.63) is 21.9 Å². The molecule has 2 nitrogen and oxygen atoms in total. The highest BCUT2D eigenvalue weighted by Crippen LogP contribution is 2.24. The summed E-state index contributed by atoms with van der Waals surface area (Å²) >= 11 is 1.89. The lowest BCUT2D eigenvalue weighted by atomic mass is 9.92. The molecular weight excluding hydrogens is 240 g/mol. The van der Waals surface area contributed by atoms with Crippen LogP contribution >= 0.6 is 11.3 Å². The predicted molar refractivity (Wildman–Crippen MR) is 80.3 cm³/mol. The van der Waals surface area contributed by atoms with Crippen LogP contribution in [0.2, 0.25) is 0 Å². The monoisotopic (exact) mass is 266 g/mol. The van der Waals surface area contributed by atoms with Crippen LogP contribution in [0.25, 0.3) is 0 Å². The van der Waals surface area contributed by atoms with Crippen molar-refractivity contribution in [2.24, 2.45) is 0 Å². The topological polar surface area (TPSA) is 24.1 Å². The molecule has 1 aromatic rings. The molecule has 1 fully saturated rings. The van der Waals surface area contributed by atoms with Gasteiger partial charge in [0.25, 0.3) is 0 Å². The molecule has 0 spiro atoms. The fourth-order valence-electron chi connectivity index (χ4n) is 3.05. The van der Waals surface area contributed by atoms with E-state index in [9.17, 15) is 0 Å². The molecule has 2 rings (SSSR count). The number of hydrogen-bond donors (Lipinski definition) is 2. The Bertz CT molecular complexity index is 353. The first-order valence-electron chi connectivity index (χ1n) is 7.30. The molecule has 0 saturated carbocycles. The van der Waals surface area contributed by atoms with Crippen LogP contribution in [0.1, 0.15) is 50.0 Å². The molecule has 1 aromatic heterocycles. The van der Waals surface area contributed by atoms with Crippen molar-refractivity contribution in [1.82, 2.24) is 10.6 Å². The van der Waals surface area contributed by atoms with Crippen molar-refractivity contribution in [2.75, 3.05) is 13.1 Å². The van der Waals surface area contributed by atoms with E-state index in [1.54, 1.807) is 0 Å². The third-order valence-corrected chi connectivity index (χ3v) is 4.99. The van der Waals surface area contributed by atoms with Gasteiger partial charge in [-0.2, -0.15) is 0 Å². The first-order valence-corrected chi connectivity index (χ1v) is 8.18. The molecule has 0 bridgehead atoms. The van der Waals surface area contributed by atoms with Gasteiger partial charge in [0.2, 0.25) is 0 Å². The summed E-state index contributed by atoms with van der Waals surface area (Å²) in [5.41, 5.74) is 1.88. The van der Waals surface area contributed by atoms with Crippen LogP contribution in [0.3, 0.4) is 0 Å². The molecule has 1 atom stereocenters. The van der Waals surface area contributed by atoms with Gasteiger partial charge >= 0.3 is 0 Å². The zero-order valence-corrected chi connectivity index (χ0v) is 12.5. The number of nitrogens with one attached hydrogen (secondary N) is 2. The van der Waals surface area contributed by atoms with Gasteiger partial charge in [0.15, 0.2) is 0 Å². The maximum atomic E-state index is 3.72. The number of hydrogen-bond acceptors (Lipinski definition) is 3. The Morgan fingerprint density at radius 1 is 1.44 bits per heavy atom. The molecular formula is C15H26N2S. The van der Waals surface area contributed by atoms with Gasteiger partial charge in [-0.05, 0) is 49.2 Å². The Morgan fingerprint density at radius 2 is 2.33 bits per heavy atom. The van der Waals surface area contributed by atoms with E-state index in [1.807, 2.05) is 11.3 Å². The van der Waals surface area contributed by atoms with E-state index >= 15 is 0 Å². The minimum absolute atomic E-state index is 0.373. The summed E-state index contributed by atoms with van der Waals surface area (Å²) < 4.78 is 0. The van der Waals surface area contributed by atoms with Gasteiger partial charge in [0.1, 0.15) is 0 Å². The summed E-state index contributed by atoms with van der Waals surface area (Å²) in [5, 5.41) is 9.61. The van der Waals surface area contributed by atoms with Gasteiger partial charge in [-0.25, -0.2) is 0 Å². The Hall–Kier alpha value is -0.380. The van der Waals surface area contributed by atoms with Crippen LogP contribution in [0.5, 0.6) is 0 Å². The highest BCUT2D eigenvalue weighted by Gasteiger charge is 2.31. The summed E-state index contributed by atoms with van der Waals surface area (Å²) in [6.45, 7) is 7.87. The summed E-state index contributed by atoms with van der Waals surface area (Å²) in [5.74, 6) is 0. The third-order valence-electron chi connectivity index (χ3n) is 4.03. The number of thiophene rings is 1. The molecule has 0 radical (unpaired) electrons. The summed E-state index contributed by atoms with van der Waals surface area (Å²) in [4.78, 5) is 1.52. The quantitative estimate of drug-likeness (QED) is 0.791. The Balaban J connectivity index is 1.83. The lowest BCUT2D eigenvalue weighted by Gasteiger charge is -2.29. The maximum absolute atomic E-state index is 3.72. The van der Waals surface area contributed by atoms with Crippen molar-refractivity contribution in [1.29, 1.82) is 0 Å². The van der Waals surface area contributed by atoms with Crippen LogP contribution in [0.15, 0.2) is 11.4 Å². The lowest BCUT2D eigenvalue weighted by molar-refractivity contribution is 0.325. The van der Waals surface area contributed by atoms with Crippen molar-refractivity contribution >= 4 is 11.3 Å². The van der Waals surface area contributed by atoms with Gasteiger partial charge in [-0.1, -0.05) is 20.3 Å². The second-order valence-electron chi connectivity index (χ2n) is 5.39. The molecule has 0 aliphatic carbocycles. The third kappa shape index (κ3) is 3.34. The first-order chi connectivity index (χ1) is 8.79. The summed E-state index contributed by atoms with van der Waals surface area (Å²) in [6, 6.07) is 2.26. The van der Waals surface area contributed by atoms with Crippen LogP contribution in [0, 0.1) is 0 Å². The average molecular weight is 266 g/mol. The molecule has 1 unspecified atom stereocenters. The fourth-order valence-corrected chi connectivity index (χ4v) is 4.00. The SMILES string of the molecule is CCCC1(CNCc2sccc2CC)CCCN1. The molecule has 1 aliphatic rings. The highest BCUT2D eigenvalue weighted by atomic mass is 32.1. The minimum Gasteiger partial charge on any atom is -0.310 e. The first kappa shape index (κ1) is 14.0. The fraction of sp³-hybridized carbons (Fsp3) is 0.733. The average Bonchev–Trinajstić information content (AvgIpc) is 2.99. The largest absolute Gasteiger partial charge is 0.310 e. The van der Waals surface area contributed by atoms with E-state index in [0.717, 1.165) is 19.5 Å². The van der Waals surface area contributed by atoms with E-state index in [1.165, 1.54) is 42.7 Å². The number of rotatable bonds is 7. The smallest absolute Gasteiger partial charge is 0.0306 e. The van der Waals surface area contributed by atoms with Crippen molar-refractivity contribution in [2.45, 2.75) is 58.0 Å². The molecule has 102 valence electrons. The predicted octanol–water partition coefficient (Wildman–Crippen LogP) is 3.32. The molecule has 2 N–H and O–H groups in total. The van der Waals surface area contributed by atoms with Gasteiger partial charge in [0, 0.05) is 23.5 Å². The van der Waals surface area contributed by atoms with E-state index in [-0.39, 0.29) is 0 Å². The van der Waals surface area contributed by atoms with Crippen LogP contribution in [-0.2, 0) is 13.0 Å². The van der Waals surface area contributed by atoms with Crippen molar-refractivity contribution in [3.8, 4) is 0 Å². The lowest BCUT2D eigenvalue weighted by Crippen LogP contribution is -2.48. The van der Waals surface area contributed by atoms with E-state index < -0.39 is 0 Å². The minimum atomic E-state index is 0.373. The van der Waals surface area contributed by atoms with Gasteiger partial charge in [0.05, 0.1) is 0 Å². The number of aryl methyl sites for hydroxylation is 1. The second-order valence-corrected chi connectivity index (χ2v) is 6.39. The van der Waals surface area contributed by atoms with Crippen molar-refractivity contribution < 1.29 is 0 Å². The van der Waals surface area contributed by atoms with Crippen LogP contribution in [0.4, 0.5) is 0 Å². The second kappa shape index (κ2) is 6.69. The molecule has 2 heterocycles. The standard InChI is InChI=1S/C15H26N2S/c1-3-7-15(8-5-9-17-15)12-16-11-14-13(4-2)6-10-18-14/h6,10,16-17H,3-5,7-9,11-12H2,1-2H3. The van der Waals surface area contributed by atoms with Gasteiger partial charge < -0.3 is 10.6 Å².